The van der Waals surface area contributed by atoms with E-state index in [0.29, 0.717) is 12.4 Å². The molecule has 1 aromatic carbocycles. The highest BCUT2D eigenvalue weighted by Crippen LogP contribution is 2.32. The minimum atomic E-state index is 0.0772. The molecule has 0 spiro atoms. The Morgan fingerprint density at radius 1 is 1.16 bits per heavy atom. The van der Waals surface area contributed by atoms with Crippen LogP contribution in [0.3, 0.4) is 0 Å². The van der Waals surface area contributed by atoms with Gasteiger partial charge in [0.05, 0.1) is 11.8 Å². The second kappa shape index (κ2) is 6.40. The van der Waals surface area contributed by atoms with Crippen molar-refractivity contribution in [3.63, 3.8) is 0 Å². The summed E-state index contributed by atoms with van der Waals surface area (Å²) in [4.78, 5) is 16.9. The Labute approximate surface area is 146 Å². The summed E-state index contributed by atoms with van der Waals surface area (Å²) in [7, 11) is 1.86. The number of rotatable bonds is 3. The Bertz CT molecular complexity index is 794. The first-order valence-electron chi connectivity index (χ1n) is 8.50. The van der Waals surface area contributed by atoms with Crippen molar-refractivity contribution in [3.8, 4) is 11.5 Å². The molecule has 0 saturated carbocycles. The molecule has 132 valence electrons. The number of aryl methyl sites for hydroxylation is 1. The normalized spacial score (nSPS) is 17.1. The van der Waals surface area contributed by atoms with E-state index in [4.69, 9.17) is 9.47 Å². The van der Waals surface area contributed by atoms with Gasteiger partial charge >= 0.3 is 0 Å². The number of hydrogen-bond donors (Lipinski definition) is 0. The van der Waals surface area contributed by atoms with Crippen LogP contribution in [0.4, 0.5) is 0 Å². The van der Waals surface area contributed by atoms with Crippen molar-refractivity contribution < 1.29 is 14.3 Å². The lowest BCUT2D eigenvalue weighted by Gasteiger charge is -2.34. The summed E-state index contributed by atoms with van der Waals surface area (Å²) in [5.74, 6) is 1.71. The van der Waals surface area contributed by atoms with Crippen LogP contribution in [0.1, 0.15) is 21.6 Å². The molecule has 0 radical (unpaired) electrons. The second-order valence-electron chi connectivity index (χ2n) is 6.52. The Morgan fingerprint density at radius 3 is 2.64 bits per heavy atom. The molecule has 0 unspecified atom stereocenters. The molecule has 0 aliphatic carbocycles. The zero-order valence-corrected chi connectivity index (χ0v) is 14.6. The number of aromatic nitrogens is 2. The number of ether oxygens (including phenoxy) is 2. The van der Waals surface area contributed by atoms with E-state index >= 15 is 0 Å². The smallest absolute Gasteiger partial charge is 0.257 e. The molecule has 2 aliphatic rings. The highest BCUT2D eigenvalue weighted by molar-refractivity contribution is 5.95. The molecule has 1 amide bonds. The van der Waals surface area contributed by atoms with Crippen LogP contribution in [0.2, 0.25) is 0 Å². The second-order valence-corrected chi connectivity index (χ2v) is 6.52. The fourth-order valence-corrected chi connectivity index (χ4v) is 3.29. The number of piperazine rings is 1. The van der Waals surface area contributed by atoms with Crippen LogP contribution in [-0.2, 0) is 13.6 Å². The number of carbonyl (C=O) groups excluding carboxylic acids is 1. The van der Waals surface area contributed by atoms with Crippen molar-refractivity contribution in [2.24, 2.45) is 7.05 Å². The van der Waals surface area contributed by atoms with Gasteiger partial charge in [-0.15, -0.1) is 0 Å². The first-order chi connectivity index (χ1) is 12.1. The average molecular weight is 342 g/mol. The van der Waals surface area contributed by atoms with Crippen molar-refractivity contribution in [1.29, 1.82) is 0 Å². The number of hydrogen-bond acceptors (Lipinski definition) is 5. The van der Waals surface area contributed by atoms with Gasteiger partial charge in [0.15, 0.2) is 11.5 Å². The first-order valence-corrected chi connectivity index (χ1v) is 8.50. The van der Waals surface area contributed by atoms with Crippen LogP contribution in [0, 0.1) is 6.92 Å². The van der Waals surface area contributed by atoms with E-state index in [9.17, 15) is 4.79 Å². The lowest BCUT2D eigenvalue weighted by molar-refractivity contribution is 0.0627. The Hall–Kier alpha value is -2.54. The van der Waals surface area contributed by atoms with Gasteiger partial charge in [0.1, 0.15) is 0 Å². The molecule has 1 aromatic heterocycles. The fraction of sp³-hybridized carbons (Fsp3) is 0.444. The highest BCUT2D eigenvalue weighted by Gasteiger charge is 2.25. The maximum atomic E-state index is 12.7. The van der Waals surface area contributed by atoms with Crippen molar-refractivity contribution in [2.45, 2.75) is 13.5 Å². The van der Waals surface area contributed by atoms with E-state index < -0.39 is 0 Å². The van der Waals surface area contributed by atoms with Gasteiger partial charge < -0.3 is 14.4 Å². The van der Waals surface area contributed by atoms with Crippen molar-refractivity contribution >= 4 is 5.91 Å². The van der Waals surface area contributed by atoms with E-state index in [1.165, 1.54) is 5.56 Å². The molecule has 0 atom stereocenters. The SMILES string of the molecule is Cc1c(C(=O)N2CCN(Cc3ccc4c(c3)OCO4)CC2)cnn1C. The number of fused-ring (bicyclic) bond motifs is 1. The zero-order valence-electron chi connectivity index (χ0n) is 14.6. The third kappa shape index (κ3) is 3.07. The van der Waals surface area contributed by atoms with Gasteiger partial charge in [-0.3, -0.25) is 14.4 Å². The molecule has 3 heterocycles. The molecule has 25 heavy (non-hydrogen) atoms. The quantitative estimate of drug-likeness (QED) is 0.844. The molecule has 4 rings (SSSR count). The Balaban J connectivity index is 1.35. The van der Waals surface area contributed by atoms with Gasteiger partial charge in [0.25, 0.3) is 5.91 Å². The van der Waals surface area contributed by atoms with Crippen molar-refractivity contribution in [3.05, 3.63) is 41.2 Å². The van der Waals surface area contributed by atoms with E-state index in [2.05, 4.69) is 16.1 Å². The maximum Gasteiger partial charge on any atom is 0.257 e. The standard InChI is InChI=1S/C18H22N4O3/c1-13-15(10-19-20(13)2)18(23)22-7-5-21(6-8-22)11-14-3-4-16-17(9-14)25-12-24-16/h3-4,9-10H,5-8,11-12H2,1-2H3. The van der Waals surface area contributed by atoms with Gasteiger partial charge in [-0.1, -0.05) is 6.07 Å². The third-order valence-electron chi connectivity index (χ3n) is 4.97. The summed E-state index contributed by atoms with van der Waals surface area (Å²) in [5.41, 5.74) is 2.81. The van der Waals surface area contributed by atoms with Crippen LogP contribution in [0.5, 0.6) is 11.5 Å². The van der Waals surface area contributed by atoms with Crippen LogP contribution < -0.4 is 9.47 Å². The first kappa shape index (κ1) is 16.0. The van der Waals surface area contributed by atoms with Gasteiger partial charge in [-0.25, -0.2) is 0 Å². The van der Waals surface area contributed by atoms with Gasteiger partial charge in [-0.2, -0.15) is 5.10 Å². The van der Waals surface area contributed by atoms with E-state index in [1.807, 2.05) is 31.0 Å². The maximum absolute atomic E-state index is 12.7. The number of amides is 1. The topological polar surface area (TPSA) is 59.8 Å². The van der Waals surface area contributed by atoms with Crippen LogP contribution in [0.15, 0.2) is 24.4 Å². The summed E-state index contributed by atoms with van der Waals surface area (Å²) in [6.45, 7) is 6.27. The van der Waals surface area contributed by atoms with Gasteiger partial charge in [-0.05, 0) is 24.6 Å². The zero-order chi connectivity index (χ0) is 17.4. The molecule has 0 bridgehead atoms. The molecule has 1 saturated heterocycles. The summed E-state index contributed by atoms with van der Waals surface area (Å²) in [6.07, 6.45) is 1.66. The van der Waals surface area contributed by atoms with Crippen LogP contribution in [-0.4, -0.2) is 58.5 Å². The van der Waals surface area contributed by atoms with Crippen molar-refractivity contribution in [1.82, 2.24) is 19.6 Å². The van der Waals surface area contributed by atoms with E-state index in [1.54, 1.807) is 10.9 Å². The van der Waals surface area contributed by atoms with Gasteiger partial charge in [0, 0.05) is 45.5 Å². The molecule has 0 N–H and O–H groups in total. The average Bonchev–Trinajstić information content (AvgIpc) is 3.22. The largest absolute Gasteiger partial charge is 0.454 e. The molecule has 7 heteroatoms. The number of carbonyl (C=O) groups is 1. The van der Waals surface area contributed by atoms with E-state index in [0.717, 1.165) is 49.9 Å². The molecule has 1 fully saturated rings. The minimum Gasteiger partial charge on any atom is -0.454 e. The van der Waals surface area contributed by atoms with Crippen LogP contribution >= 0.6 is 0 Å². The molecule has 2 aliphatic heterocycles. The predicted molar refractivity (Wildman–Crippen MR) is 91.7 cm³/mol. The summed E-state index contributed by atoms with van der Waals surface area (Å²) < 4.78 is 12.5. The number of benzene rings is 1. The van der Waals surface area contributed by atoms with Gasteiger partial charge in [0.2, 0.25) is 6.79 Å². The monoisotopic (exact) mass is 342 g/mol. The number of nitrogens with zero attached hydrogens (tertiary/aromatic N) is 4. The fourth-order valence-electron chi connectivity index (χ4n) is 3.29. The van der Waals surface area contributed by atoms with Crippen molar-refractivity contribution in [2.75, 3.05) is 33.0 Å². The summed E-state index contributed by atoms with van der Waals surface area (Å²) >= 11 is 0. The molecular weight excluding hydrogens is 320 g/mol. The lowest BCUT2D eigenvalue weighted by atomic mass is 10.1. The summed E-state index contributed by atoms with van der Waals surface area (Å²) in [6, 6.07) is 6.07. The van der Waals surface area contributed by atoms with E-state index in [-0.39, 0.29) is 5.91 Å². The molecule has 7 nitrogen and oxygen atoms in total. The third-order valence-corrected chi connectivity index (χ3v) is 4.97. The Kier molecular flexibility index (Phi) is 4.09. The molecular formula is C18H22N4O3. The highest BCUT2D eigenvalue weighted by atomic mass is 16.7. The lowest BCUT2D eigenvalue weighted by Crippen LogP contribution is -2.48. The van der Waals surface area contributed by atoms with Crippen LogP contribution in [0.25, 0.3) is 0 Å². The Morgan fingerprint density at radius 2 is 1.92 bits per heavy atom. The molecule has 2 aromatic rings. The minimum absolute atomic E-state index is 0.0772. The summed E-state index contributed by atoms with van der Waals surface area (Å²) in [5, 5.41) is 4.17. The predicted octanol–water partition coefficient (Wildman–Crippen LogP) is 1.42.